The van der Waals surface area contributed by atoms with Crippen molar-refractivity contribution in [2.45, 2.75) is 57.0 Å². The Labute approximate surface area is 104 Å². The fraction of sp³-hybridized carbons (Fsp3) is 0.786. The average molecular weight is 234 g/mol. The van der Waals surface area contributed by atoms with Crippen LogP contribution in [-0.2, 0) is 4.79 Å². The van der Waals surface area contributed by atoms with E-state index in [1.54, 1.807) is 0 Å². The number of carbonyl (C=O) groups excluding carboxylic acids is 1. The second kappa shape index (κ2) is 5.55. The van der Waals surface area contributed by atoms with Gasteiger partial charge in [-0.2, -0.15) is 0 Å². The molecule has 1 saturated heterocycles. The first kappa shape index (κ1) is 12.4. The molecule has 17 heavy (non-hydrogen) atoms. The number of terminal acetylenes is 1. The van der Waals surface area contributed by atoms with Crippen molar-refractivity contribution in [3.05, 3.63) is 0 Å². The van der Waals surface area contributed by atoms with Crippen molar-refractivity contribution < 1.29 is 4.79 Å². The molecule has 3 atom stereocenters. The van der Waals surface area contributed by atoms with E-state index in [1.165, 1.54) is 25.7 Å². The lowest BCUT2D eigenvalue weighted by Gasteiger charge is -2.44. The van der Waals surface area contributed by atoms with Crippen LogP contribution >= 0.6 is 0 Å². The van der Waals surface area contributed by atoms with E-state index in [0.29, 0.717) is 18.4 Å². The number of carbonyl (C=O) groups is 1. The summed E-state index contributed by atoms with van der Waals surface area (Å²) in [7, 11) is 0. The molecule has 1 aliphatic heterocycles. The molecule has 1 saturated carbocycles. The summed E-state index contributed by atoms with van der Waals surface area (Å²) >= 11 is 0. The Kier molecular flexibility index (Phi) is 4.06. The Balaban J connectivity index is 2.03. The number of hydrogen-bond donors (Lipinski definition) is 1. The lowest BCUT2D eigenvalue weighted by atomic mass is 9.78. The number of piperidine rings is 1. The highest BCUT2D eigenvalue weighted by atomic mass is 16.2. The molecule has 94 valence electrons. The normalized spacial score (nSPS) is 30.2. The molecule has 2 aliphatic rings. The lowest BCUT2D eigenvalue weighted by Crippen LogP contribution is -2.54. The molecule has 2 fully saturated rings. The SMILES string of the molecule is C#CCC(N)C(=O)N1CCC[C@H]2CCCC[C@H]21. The second-order valence-corrected chi connectivity index (χ2v) is 5.30. The molecule has 1 amide bonds. The number of rotatable bonds is 2. The Bertz CT molecular complexity index is 319. The summed E-state index contributed by atoms with van der Waals surface area (Å²) in [5.74, 6) is 3.26. The van der Waals surface area contributed by atoms with E-state index in [1.807, 2.05) is 4.90 Å². The van der Waals surface area contributed by atoms with Crippen LogP contribution in [0.5, 0.6) is 0 Å². The van der Waals surface area contributed by atoms with E-state index in [-0.39, 0.29) is 5.91 Å². The van der Waals surface area contributed by atoms with Crippen molar-refractivity contribution in [2.75, 3.05) is 6.54 Å². The quantitative estimate of drug-likeness (QED) is 0.736. The largest absolute Gasteiger partial charge is 0.338 e. The molecular weight excluding hydrogens is 212 g/mol. The zero-order chi connectivity index (χ0) is 12.3. The topological polar surface area (TPSA) is 46.3 Å². The van der Waals surface area contributed by atoms with Gasteiger partial charge in [-0.3, -0.25) is 4.79 Å². The molecule has 0 aromatic heterocycles. The molecule has 2 N–H and O–H groups in total. The molecule has 0 radical (unpaired) electrons. The van der Waals surface area contributed by atoms with Crippen LogP contribution in [0, 0.1) is 18.3 Å². The van der Waals surface area contributed by atoms with Crippen LogP contribution in [0.1, 0.15) is 44.9 Å². The summed E-state index contributed by atoms with van der Waals surface area (Å²) < 4.78 is 0. The van der Waals surface area contributed by atoms with Crippen molar-refractivity contribution in [2.24, 2.45) is 11.7 Å². The summed E-state index contributed by atoms with van der Waals surface area (Å²) in [6, 6.07) is -0.0606. The zero-order valence-electron chi connectivity index (χ0n) is 10.4. The fourth-order valence-corrected chi connectivity index (χ4v) is 3.33. The third kappa shape index (κ3) is 2.63. The summed E-state index contributed by atoms with van der Waals surface area (Å²) in [5.41, 5.74) is 5.85. The van der Waals surface area contributed by atoms with Gasteiger partial charge in [0.15, 0.2) is 0 Å². The Morgan fingerprint density at radius 1 is 1.35 bits per heavy atom. The van der Waals surface area contributed by atoms with Gasteiger partial charge in [-0.05, 0) is 31.6 Å². The Morgan fingerprint density at radius 3 is 2.82 bits per heavy atom. The molecule has 0 bridgehead atoms. The lowest BCUT2D eigenvalue weighted by molar-refractivity contribution is -0.138. The first-order valence-corrected chi connectivity index (χ1v) is 6.73. The third-order valence-electron chi connectivity index (χ3n) is 4.18. The maximum Gasteiger partial charge on any atom is 0.240 e. The van der Waals surface area contributed by atoms with Gasteiger partial charge < -0.3 is 10.6 Å². The highest BCUT2D eigenvalue weighted by molar-refractivity contribution is 5.82. The minimum Gasteiger partial charge on any atom is -0.338 e. The minimum absolute atomic E-state index is 0.0690. The van der Waals surface area contributed by atoms with Crippen molar-refractivity contribution in [3.63, 3.8) is 0 Å². The van der Waals surface area contributed by atoms with Gasteiger partial charge in [0.05, 0.1) is 6.04 Å². The number of nitrogens with two attached hydrogens (primary N) is 1. The van der Waals surface area contributed by atoms with Gasteiger partial charge in [0.1, 0.15) is 0 Å². The summed E-state index contributed by atoms with van der Waals surface area (Å²) in [6.45, 7) is 0.873. The molecule has 1 unspecified atom stereocenters. The second-order valence-electron chi connectivity index (χ2n) is 5.30. The fourth-order valence-electron chi connectivity index (χ4n) is 3.33. The van der Waals surface area contributed by atoms with Gasteiger partial charge >= 0.3 is 0 Å². The maximum atomic E-state index is 12.2. The van der Waals surface area contributed by atoms with Gasteiger partial charge in [0, 0.05) is 19.0 Å². The van der Waals surface area contributed by atoms with E-state index >= 15 is 0 Å². The highest BCUT2D eigenvalue weighted by Gasteiger charge is 2.36. The summed E-state index contributed by atoms with van der Waals surface area (Å²) in [5, 5.41) is 0. The van der Waals surface area contributed by atoms with Gasteiger partial charge in [-0.15, -0.1) is 12.3 Å². The van der Waals surface area contributed by atoms with E-state index in [0.717, 1.165) is 19.4 Å². The molecule has 1 aliphatic carbocycles. The average Bonchev–Trinajstić information content (AvgIpc) is 2.37. The molecule has 1 heterocycles. The van der Waals surface area contributed by atoms with Gasteiger partial charge in [0.25, 0.3) is 0 Å². The molecular formula is C14H22N2O. The number of amides is 1. The van der Waals surface area contributed by atoms with Crippen LogP contribution in [0.3, 0.4) is 0 Å². The van der Waals surface area contributed by atoms with E-state index in [2.05, 4.69) is 5.92 Å². The van der Waals surface area contributed by atoms with Crippen LogP contribution in [0.25, 0.3) is 0 Å². The predicted octanol–water partition coefficient (Wildman–Crippen LogP) is 1.52. The van der Waals surface area contributed by atoms with E-state index in [9.17, 15) is 4.79 Å². The number of nitrogens with zero attached hydrogens (tertiary/aromatic N) is 1. The van der Waals surface area contributed by atoms with Gasteiger partial charge in [-0.25, -0.2) is 0 Å². The van der Waals surface area contributed by atoms with E-state index in [4.69, 9.17) is 12.2 Å². The first-order chi connectivity index (χ1) is 8.24. The van der Waals surface area contributed by atoms with Crippen LogP contribution < -0.4 is 5.73 Å². The zero-order valence-corrected chi connectivity index (χ0v) is 10.4. The molecule has 2 rings (SSSR count). The van der Waals surface area contributed by atoms with Crippen LogP contribution in [0.15, 0.2) is 0 Å². The molecule has 0 aromatic rings. The Morgan fingerprint density at radius 2 is 2.06 bits per heavy atom. The van der Waals surface area contributed by atoms with Crippen LogP contribution in [0.2, 0.25) is 0 Å². The van der Waals surface area contributed by atoms with Gasteiger partial charge in [-0.1, -0.05) is 12.8 Å². The molecule has 3 heteroatoms. The summed E-state index contributed by atoms with van der Waals surface area (Å²) in [6.07, 6.45) is 13.0. The van der Waals surface area contributed by atoms with Crippen LogP contribution in [-0.4, -0.2) is 29.4 Å². The number of hydrogen-bond acceptors (Lipinski definition) is 2. The number of likely N-dealkylation sites (tertiary alicyclic amines) is 1. The summed E-state index contributed by atoms with van der Waals surface area (Å²) in [4.78, 5) is 14.3. The van der Waals surface area contributed by atoms with Crippen molar-refractivity contribution in [1.82, 2.24) is 4.90 Å². The smallest absolute Gasteiger partial charge is 0.240 e. The van der Waals surface area contributed by atoms with Crippen molar-refractivity contribution in [1.29, 1.82) is 0 Å². The molecule has 0 aromatic carbocycles. The highest BCUT2D eigenvalue weighted by Crippen LogP contribution is 2.35. The predicted molar refractivity (Wildman–Crippen MR) is 68.1 cm³/mol. The monoisotopic (exact) mass is 234 g/mol. The standard InChI is InChI=1S/C14H22N2O/c1-2-6-12(15)14(17)16-10-5-8-11-7-3-4-9-13(11)16/h1,11-13H,3-10,15H2/t11-,12?,13-/m1/s1. The van der Waals surface area contributed by atoms with Gasteiger partial charge in [0.2, 0.25) is 5.91 Å². The van der Waals surface area contributed by atoms with Crippen LogP contribution in [0.4, 0.5) is 0 Å². The Hall–Kier alpha value is -1.01. The van der Waals surface area contributed by atoms with Crippen molar-refractivity contribution in [3.8, 4) is 12.3 Å². The van der Waals surface area contributed by atoms with Crippen molar-refractivity contribution >= 4 is 5.91 Å². The van der Waals surface area contributed by atoms with E-state index < -0.39 is 6.04 Å². The third-order valence-corrected chi connectivity index (χ3v) is 4.18. The first-order valence-electron chi connectivity index (χ1n) is 6.73. The number of fused-ring (bicyclic) bond motifs is 1. The maximum absolute atomic E-state index is 12.2. The molecule has 3 nitrogen and oxygen atoms in total. The minimum atomic E-state index is -0.499. The molecule has 0 spiro atoms.